The van der Waals surface area contributed by atoms with E-state index < -0.39 is 12.0 Å². The summed E-state index contributed by atoms with van der Waals surface area (Å²) in [6.07, 6.45) is 0.811. The van der Waals surface area contributed by atoms with Gasteiger partial charge in [-0.1, -0.05) is 13.0 Å². The second-order valence-electron chi connectivity index (χ2n) is 4.52. The van der Waals surface area contributed by atoms with Crippen LogP contribution < -0.4 is 10.1 Å². The zero-order valence-corrected chi connectivity index (χ0v) is 11.4. The Bertz CT molecular complexity index is 416. The molecular weight excluding hydrogens is 230 g/mol. The van der Waals surface area contributed by atoms with Crippen LogP contribution in [-0.2, 0) is 11.2 Å². The molecule has 0 radical (unpaired) electrons. The average Bonchev–Trinajstić information content (AvgIpc) is 2.34. The van der Waals surface area contributed by atoms with Gasteiger partial charge in [-0.15, -0.1) is 0 Å². The topological polar surface area (TPSA) is 58.6 Å². The molecule has 100 valence electrons. The van der Waals surface area contributed by atoms with Gasteiger partial charge >= 0.3 is 5.97 Å². The Morgan fingerprint density at radius 1 is 1.44 bits per heavy atom. The highest BCUT2D eigenvalue weighted by atomic mass is 16.5. The molecule has 1 atom stereocenters. The van der Waals surface area contributed by atoms with E-state index in [0.717, 1.165) is 23.3 Å². The molecule has 1 aromatic carbocycles. The highest BCUT2D eigenvalue weighted by Crippen LogP contribution is 2.24. The Hall–Kier alpha value is -1.55. The number of carboxylic acids is 1. The van der Waals surface area contributed by atoms with Gasteiger partial charge in [0, 0.05) is 6.04 Å². The predicted octanol–water partition coefficient (Wildman–Crippen LogP) is 2.38. The number of aryl methyl sites for hydroxylation is 1. The first-order valence-electron chi connectivity index (χ1n) is 6.15. The van der Waals surface area contributed by atoms with Gasteiger partial charge in [-0.3, -0.25) is 10.1 Å². The molecule has 0 bridgehead atoms. The summed E-state index contributed by atoms with van der Waals surface area (Å²) in [4.78, 5) is 11.3. The fraction of sp³-hybridized carbons (Fsp3) is 0.500. The average molecular weight is 251 g/mol. The van der Waals surface area contributed by atoms with Gasteiger partial charge in [0.25, 0.3) is 0 Å². The third kappa shape index (κ3) is 3.47. The van der Waals surface area contributed by atoms with E-state index in [4.69, 9.17) is 4.74 Å². The summed E-state index contributed by atoms with van der Waals surface area (Å²) in [7, 11) is 1.62. The number of hydrogen-bond acceptors (Lipinski definition) is 3. The standard InChI is InChI=1S/C14H21NO3/c1-5-10-8-11(6-7-12(10)18-4)13(14(16)17)15-9(2)3/h6-9,13,15H,5H2,1-4H3,(H,16,17). The summed E-state index contributed by atoms with van der Waals surface area (Å²) < 4.78 is 5.24. The summed E-state index contributed by atoms with van der Waals surface area (Å²) in [6, 6.07) is 4.95. The van der Waals surface area contributed by atoms with Crippen molar-refractivity contribution < 1.29 is 14.6 Å². The Balaban J connectivity index is 3.09. The monoisotopic (exact) mass is 251 g/mol. The lowest BCUT2D eigenvalue weighted by Gasteiger charge is -2.19. The van der Waals surface area contributed by atoms with Gasteiger partial charge in [0.15, 0.2) is 0 Å². The number of carboxylic acid groups (broad SMARTS) is 1. The van der Waals surface area contributed by atoms with Crippen LogP contribution in [0.5, 0.6) is 5.75 Å². The Morgan fingerprint density at radius 3 is 2.56 bits per heavy atom. The van der Waals surface area contributed by atoms with Gasteiger partial charge in [-0.05, 0) is 43.5 Å². The number of methoxy groups -OCH3 is 1. The number of aliphatic carboxylic acids is 1. The van der Waals surface area contributed by atoms with Gasteiger partial charge in [0.1, 0.15) is 11.8 Å². The first kappa shape index (κ1) is 14.5. The SMILES string of the molecule is CCc1cc(C(NC(C)C)C(=O)O)ccc1OC. The van der Waals surface area contributed by atoms with Gasteiger partial charge in [0.05, 0.1) is 7.11 Å². The van der Waals surface area contributed by atoms with Crippen LogP contribution in [0.4, 0.5) is 0 Å². The Labute approximate surface area is 108 Å². The van der Waals surface area contributed by atoms with Crippen LogP contribution in [0.3, 0.4) is 0 Å². The number of hydrogen-bond donors (Lipinski definition) is 2. The lowest BCUT2D eigenvalue weighted by Crippen LogP contribution is -2.33. The minimum Gasteiger partial charge on any atom is -0.496 e. The maximum absolute atomic E-state index is 11.3. The quantitative estimate of drug-likeness (QED) is 0.815. The second kappa shape index (κ2) is 6.40. The molecule has 1 unspecified atom stereocenters. The van der Waals surface area contributed by atoms with E-state index in [2.05, 4.69) is 5.32 Å². The van der Waals surface area contributed by atoms with Crippen LogP contribution in [-0.4, -0.2) is 24.2 Å². The van der Waals surface area contributed by atoms with Crippen LogP contribution in [0, 0.1) is 0 Å². The number of nitrogens with one attached hydrogen (secondary N) is 1. The molecular formula is C14H21NO3. The summed E-state index contributed by atoms with van der Waals surface area (Å²) in [5.74, 6) is -0.0640. The molecule has 0 heterocycles. The predicted molar refractivity (Wildman–Crippen MR) is 71.0 cm³/mol. The molecule has 0 amide bonds. The summed E-state index contributed by atoms with van der Waals surface area (Å²) in [5.41, 5.74) is 1.78. The van der Waals surface area contributed by atoms with Gasteiger partial charge in [-0.25, -0.2) is 0 Å². The third-order valence-electron chi connectivity index (χ3n) is 2.77. The molecule has 4 heteroatoms. The van der Waals surface area contributed by atoms with E-state index in [0.29, 0.717) is 0 Å². The van der Waals surface area contributed by atoms with E-state index >= 15 is 0 Å². The lowest BCUT2D eigenvalue weighted by molar-refractivity contribution is -0.139. The number of rotatable bonds is 6. The van der Waals surface area contributed by atoms with Crippen LogP contribution in [0.1, 0.15) is 37.9 Å². The largest absolute Gasteiger partial charge is 0.496 e. The molecule has 18 heavy (non-hydrogen) atoms. The summed E-state index contributed by atoms with van der Waals surface area (Å²) in [6.45, 7) is 5.88. The van der Waals surface area contributed by atoms with Crippen LogP contribution in [0.25, 0.3) is 0 Å². The molecule has 0 saturated carbocycles. The van der Waals surface area contributed by atoms with E-state index in [9.17, 15) is 9.90 Å². The molecule has 0 aliphatic rings. The molecule has 0 saturated heterocycles. The van der Waals surface area contributed by atoms with Crippen LogP contribution >= 0.6 is 0 Å². The molecule has 0 aromatic heterocycles. The van der Waals surface area contributed by atoms with Crippen molar-refractivity contribution in [3.05, 3.63) is 29.3 Å². The van der Waals surface area contributed by atoms with Gasteiger partial charge in [-0.2, -0.15) is 0 Å². The van der Waals surface area contributed by atoms with E-state index in [-0.39, 0.29) is 6.04 Å². The maximum Gasteiger partial charge on any atom is 0.325 e. The highest BCUT2D eigenvalue weighted by Gasteiger charge is 2.21. The number of carbonyl (C=O) groups is 1. The van der Waals surface area contributed by atoms with E-state index in [1.807, 2.05) is 32.9 Å². The first-order chi connectivity index (χ1) is 8.49. The molecule has 0 aliphatic carbocycles. The van der Waals surface area contributed by atoms with Crippen molar-refractivity contribution in [3.8, 4) is 5.75 Å². The zero-order chi connectivity index (χ0) is 13.7. The number of ether oxygens (including phenoxy) is 1. The highest BCUT2D eigenvalue weighted by molar-refractivity contribution is 5.75. The smallest absolute Gasteiger partial charge is 0.325 e. The van der Waals surface area contributed by atoms with Crippen molar-refractivity contribution in [2.45, 2.75) is 39.3 Å². The lowest BCUT2D eigenvalue weighted by atomic mass is 10.0. The maximum atomic E-state index is 11.3. The normalized spacial score (nSPS) is 12.5. The minimum absolute atomic E-state index is 0.110. The first-order valence-corrected chi connectivity index (χ1v) is 6.15. The summed E-state index contributed by atoms with van der Waals surface area (Å²) >= 11 is 0. The van der Waals surface area contributed by atoms with Crippen LogP contribution in [0.15, 0.2) is 18.2 Å². The van der Waals surface area contributed by atoms with Crippen molar-refractivity contribution in [3.63, 3.8) is 0 Å². The van der Waals surface area contributed by atoms with Crippen molar-refractivity contribution in [1.82, 2.24) is 5.32 Å². The van der Waals surface area contributed by atoms with E-state index in [1.54, 1.807) is 13.2 Å². The number of benzene rings is 1. The molecule has 0 aliphatic heterocycles. The molecule has 4 nitrogen and oxygen atoms in total. The molecule has 2 N–H and O–H groups in total. The van der Waals surface area contributed by atoms with Gasteiger partial charge < -0.3 is 9.84 Å². The minimum atomic E-state index is -0.865. The molecule has 0 spiro atoms. The van der Waals surface area contributed by atoms with Crippen molar-refractivity contribution in [2.75, 3.05) is 7.11 Å². The summed E-state index contributed by atoms with van der Waals surface area (Å²) in [5, 5.41) is 12.3. The fourth-order valence-corrected chi connectivity index (χ4v) is 1.90. The van der Waals surface area contributed by atoms with Crippen LogP contribution in [0.2, 0.25) is 0 Å². The molecule has 0 fully saturated rings. The Morgan fingerprint density at radius 2 is 2.11 bits per heavy atom. The molecule has 1 rings (SSSR count). The van der Waals surface area contributed by atoms with Crippen molar-refractivity contribution in [1.29, 1.82) is 0 Å². The molecule has 1 aromatic rings. The Kier molecular flexibility index (Phi) is 5.16. The van der Waals surface area contributed by atoms with Crippen molar-refractivity contribution >= 4 is 5.97 Å². The fourth-order valence-electron chi connectivity index (χ4n) is 1.90. The van der Waals surface area contributed by atoms with Crippen molar-refractivity contribution in [2.24, 2.45) is 0 Å². The third-order valence-corrected chi connectivity index (χ3v) is 2.77. The van der Waals surface area contributed by atoms with E-state index in [1.165, 1.54) is 0 Å². The van der Waals surface area contributed by atoms with Gasteiger partial charge in [0.2, 0.25) is 0 Å². The second-order valence-corrected chi connectivity index (χ2v) is 4.52. The zero-order valence-electron chi connectivity index (χ0n) is 11.4.